The summed E-state index contributed by atoms with van der Waals surface area (Å²) in [6.07, 6.45) is 0. The number of halogens is 1. The summed E-state index contributed by atoms with van der Waals surface area (Å²) >= 11 is 6.18. The molecule has 8 heteroatoms. The number of hydrogen-bond donors (Lipinski definition) is 2. The lowest BCUT2D eigenvalue weighted by molar-refractivity contribution is 0.172. The molecule has 1 aliphatic heterocycles. The number of H-pyrrole nitrogens is 1. The van der Waals surface area contributed by atoms with Crippen molar-refractivity contribution in [3.8, 4) is 11.5 Å². The highest BCUT2D eigenvalue weighted by Crippen LogP contribution is 2.34. The fourth-order valence-electron chi connectivity index (χ4n) is 2.92. The van der Waals surface area contributed by atoms with E-state index in [1.807, 2.05) is 40.9 Å². The number of nitrogens with zero attached hydrogens (tertiary/aromatic N) is 3. The lowest BCUT2D eigenvalue weighted by Gasteiger charge is -2.17. The van der Waals surface area contributed by atoms with Crippen LogP contribution in [0.1, 0.15) is 5.56 Å². The maximum atomic E-state index is 6.18. The van der Waals surface area contributed by atoms with Gasteiger partial charge in [-0.1, -0.05) is 29.8 Å². The molecule has 7 nitrogen and oxygen atoms in total. The minimum absolute atomic E-state index is 0.550. The van der Waals surface area contributed by atoms with Crippen LogP contribution < -0.4 is 14.8 Å². The largest absolute Gasteiger partial charge is 0.486 e. The molecule has 2 N–H and O–H groups in total. The first-order valence-corrected chi connectivity index (χ1v) is 8.31. The highest BCUT2D eigenvalue weighted by Gasteiger charge is 2.17. The second-order valence-corrected chi connectivity index (χ2v) is 6.16. The van der Waals surface area contributed by atoms with Crippen LogP contribution in [0.3, 0.4) is 0 Å². The summed E-state index contributed by atoms with van der Waals surface area (Å²) in [4.78, 5) is 9.02. The minimum atomic E-state index is 0.550. The third kappa shape index (κ3) is 2.44. The van der Waals surface area contributed by atoms with Gasteiger partial charge in [-0.15, -0.1) is 0 Å². The molecule has 0 spiro atoms. The molecule has 4 aromatic rings. The third-order valence-corrected chi connectivity index (χ3v) is 4.50. The van der Waals surface area contributed by atoms with Crippen LogP contribution in [0.2, 0.25) is 5.02 Å². The van der Waals surface area contributed by atoms with Crippen molar-refractivity contribution >= 4 is 34.4 Å². The summed E-state index contributed by atoms with van der Waals surface area (Å²) in [5.74, 6) is 2.65. The number of imidazole rings is 1. The van der Waals surface area contributed by atoms with Crippen molar-refractivity contribution in [3.05, 3.63) is 47.0 Å². The molecule has 2 aromatic carbocycles. The number of nitrogens with one attached hydrogen (secondary N) is 2. The molecule has 0 atom stereocenters. The quantitative estimate of drug-likeness (QED) is 0.590. The molecular weight excluding hydrogens is 342 g/mol. The molecule has 0 fully saturated rings. The van der Waals surface area contributed by atoms with Gasteiger partial charge in [0.05, 0.1) is 11.0 Å². The summed E-state index contributed by atoms with van der Waals surface area (Å²) in [6, 6.07) is 11.5. The van der Waals surface area contributed by atoms with Crippen molar-refractivity contribution in [3.63, 3.8) is 0 Å². The van der Waals surface area contributed by atoms with Crippen LogP contribution in [0, 0.1) is 0 Å². The second kappa shape index (κ2) is 5.56. The predicted octanol–water partition coefficient (Wildman–Crippen LogP) is 3.25. The smallest absolute Gasteiger partial charge is 0.253 e. The van der Waals surface area contributed by atoms with E-state index >= 15 is 0 Å². The topological polar surface area (TPSA) is 76.5 Å². The Bertz CT molecular complexity index is 1090. The van der Waals surface area contributed by atoms with Gasteiger partial charge in [-0.3, -0.25) is 5.10 Å². The highest BCUT2D eigenvalue weighted by molar-refractivity contribution is 6.31. The van der Waals surface area contributed by atoms with E-state index in [2.05, 4.69) is 20.4 Å². The van der Waals surface area contributed by atoms with Gasteiger partial charge in [-0.25, -0.2) is 9.50 Å². The molecular formula is C17H14ClN5O2. The zero-order valence-corrected chi connectivity index (χ0v) is 13.9. The van der Waals surface area contributed by atoms with E-state index in [9.17, 15) is 0 Å². The Hall–Kier alpha value is -2.93. The monoisotopic (exact) mass is 355 g/mol. The summed E-state index contributed by atoms with van der Waals surface area (Å²) < 4.78 is 13.1. The lowest BCUT2D eigenvalue weighted by atomic mass is 10.2. The number of aromatic nitrogens is 4. The molecule has 0 unspecified atom stereocenters. The standard InChI is InChI=1S/C17H14ClN5O2/c18-11-4-2-1-3-10(11)9-19-16-21-17-20-12-7-14-15(25-6-5-24-14)8-13(12)23(17)22-16/h1-4,7-8H,5-6,9H2,(H2,19,20,21,22). The number of ether oxygens (including phenoxy) is 2. The van der Waals surface area contributed by atoms with Gasteiger partial charge in [0, 0.05) is 23.7 Å². The molecule has 0 radical (unpaired) electrons. The van der Waals surface area contributed by atoms with E-state index in [1.165, 1.54) is 0 Å². The van der Waals surface area contributed by atoms with Gasteiger partial charge in [-0.2, -0.15) is 4.98 Å². The van der Waals surface area contributed by atoms with Crippen LogP contribution in [-0.4, -0.2) is 32.8 Å². The van der Waals surface area contributed by atoms with Gasteiger partial charge >= 0.3 is 0 Å². The van der Waals surface area contributed by atoms with Crippen molar-refractivity contribution in [1.82, 2.24) is 19.6 Å². The van der Waals surface area contributed by atoms with Crippen molar-refractivity contribution in [2.45, 2.75) is 6.54 Å². The average molecular weight is 356 g/mol. The Labute approximate surface area is 147 Å². The Morgan fingerprint density at radius 3 is 2.76 bits per heavy atom. The van der Waals surface area contributed by atoms with E-state index in [1.54, 1.807) is 0 Å². The summed E-state index contributed by atoms with van der Waals surface area (Å²) in [6.45, 7) is 1.67. The molecule has 3 heterocycles. The van der Waals surface area contributed by atoms with E-state index in [0.717, 1.165) is 33.1 Å². The minimum Gasteiger partial charge on any atom is -0.486 e. The summed E-state index contributed by atoms with van der Waals surface area (Å²) in [5.41, 5.74) is 2.70. The van der Waals surface area contributed by atoms with E-state index < -0.39 is 0 Å². The number of rotatable bonds is 3. The van der Waals surface area contributed by atoms with Crippen LogP contribution in [0.5, 0.6) is 11.5 Å². The molecule has 2 aromatic heterocycles. The van der Waals surface area contributed by atoms with E-state index in [0.29, 0.717) is 31.5 Å². The van der Waals surface area contributed by atoms with Crippen molar-refractivity contribution in [1.29, 1.82) is 0 Å². The number of fused-ring (bicyclic) bond motifs is 4. The van der Waals surface area contributed by atoms with Crippen LogP contribution >= 0.6 is 11.6 Å². The molecule has 0 bridgehead atoms. The second-order valence-electron chi connectivity index (χ2n) is 5.75. The van der Waals surface area contributed by atoms with Crippen LogP contribution in [0.15, 0.2) is 36.4 Å². The number of aromatic amines is 1. The Morgan fingerprint density at radius 2 is 1.92 bits per heavy atom. The van der Waals surface area contributed by atoms with Gasteiger partial charge in [0.15, 0.2) is 11.5 Å². The van der Waals surface area contributed by atoms with Gasteiger partial charge in [0.25, 0.3) is 5.78 Å². The average Bonchev–Trinajstić information content (AvgIpc) is 3.16. The molecule has 5 rings (SSSR count). The zero-order valence-electron chi connectivity index (χ0n) is 13.1. The molecule has 126 valence electrons. The van der Waals surface area contributed by atoms with Crippen LogP contribution in [-0.2, 0) is 6.54 Å². The molecule has 0 saturated carbocycles. The van der Waals surface area contributed by atoms with Gasteiger partial charge < -0.3 is 14.8 Å². The molecule has 1 aliphatic rings. The molecule has 25 heavy (non-hydrogen) atoms. The van der Waals surface area contributed by atoms with Gasteiger partial charge in [0.2, 0.25) is 5.95 Å². The summed E-state index contributed by atoms with van der Waals surface area (Å²) in [7, 11) is 0. The van der Waals surface area contributed by atoms with E-state index in [-0.39, 0.29) is 0 Å². The predicted molar refractivity (Wildman–Crippen MR) is 94.6 cm³/mol. The van der Waals surface area contributed by atoms with Crippen LogP contribution in [0.4, 0.5) is 5.95 Å². The number of hydrogen-bond acceptors (Lipinski definition) is 5. The Morgan fingerprint density at radius 1 is 1.12 bits per heavy atom. The Balaban J connectivity index is 1.48. The summed E-state index contributed by atoms with van der Waals surface area (Å²) in [5, 5.41) is 7.17. The normalized spacial score (nSPS) is 13.5. The third-order valence-electron chi connectivity index (χ3n) is 4.13. The van der Waals surface area contributed by atoms with Crippen molar-refractivity contribution < 1.29 is 9.47 Å². The van der Waals surface area contributed by atoms with Gasteiger partial charge in [0.1, 0.15) is 13.2 Å². The molecule has 0 saturated heterocycles. The zero-order chi connectivity index (χ0) is 16.8. The maximum Gasteiger partial charge on any atom is 0.253 e. The molecule has 0 aliphatic carbocycles. The van der Waals surface area contributed by atoms with E-state index in [4.69, 9.17) is 21.1 Å². The number of benzene rings is 2. The van der Waals surface area contributed by atoms with Crippen molar-refractivity contribution in [2.24, 2.45) is 0 Å². The highest BCUT2D eigenvalue weighted by atomic mass is 35.5. The fraction of sp³-hybridized carbons (Fsp3) is 0.176. The maximum absolute atomic E-state index is 6.18. The SMILES string of the molecule is Clc1ccccc1CNc1nc2nc3cc4c(cc3n2[nH]1)OCCO4. The lowest BCUT2D eigenvalue weighted by Crippen LogP contribution is -2.15. The Kier molecular flexibility index (Phi) is 3.21. The van der Waals surface area contributed by atoms with Crippen LogP contribution in [0.25, 0.3) is 16.8 Å². The number of anilines is 1. The first-order valence-electron chi connectivity index (χ1n) is 7.93. The first kappa shape index (κ1) is 14.4. The molecule has 0 amide bonds. The fourth-order valence-corrected chi connectivity index (χ4v) is 3.12. The van der Waals surface area contributed by atoms with Crippen molar-refractivity contribution in [2.75, 3.05) is 18.5 Å². The van der Waals surface area contributed by atoms with Gasteiger partial charge in [-0.05, 0) is 11.6 Å². The first-order chi connectivity index (χ1) is 12.3.